The minimum absolute atomic E-state index is 0.0975. The normalized spacial score (nSPS) is 18.7. The van der Waals surface area contributed by atoms with Gasteiger partial charge in [0.2, 0.25) is 0 Å². The zero-order valence-corrected chi connectivity index (χ0v) is 12.0. The third-order valence-electron chi connectivity index (χ3n) is 4.26. The molecule has 0 amide bonds. The Morgan fingerprint density at radius 3 is 2.21 bits per heavy atom. The van der Waals surface area contributed by atoms with Crippen molar-refractivity contribution in [3.05, 3.63) is 22.9 Å². The summed E-state index contributed by atoms with van der Waals surface area (Å²) in [7, 11) is 0. The lowest BCUT2D eigenvalue weighted by molar-refractivity contribution is 0.280. The molecule has 0 radical (unpaired) electrons. The van der Waals surface area contributed by atoms with E-state index in [0.29, 0.717) is 0 Å². The summed E-state index contributed by atoms with van der Waals surface area (Å²) in [4.78, 5) is 7.18. The predicted octanol–water partition coefficient (Wildman–Crippen LogP) is 2.82. The monoisotopic (exact) mass is 260 g/mol. The molecule has 2 saturated carbocycles. The van der Waals surface area contributed by atoms with Crippen LogP contribution in [0.5, 0.6) is 0 Å². The number of nitrogens with zero attached hydrogens (tertiary/aromatic N) is 2. The van der Waals surface area contributed by atoms with Crippen molar-refractivity contribution in [2.24, 2.45) is 11.8 Å². The van der Waals surface area contributed by atoms with E-state index in [1.54, 1.807) is 0 Å². The first-order valence-corrected chi connectivity index (χ1v) is 7.50. The lowest BCUT2D eigenvalue weighted by Crippen LogP contribution is -2.30. The molecule has 3 rings (SSSR count). The van der Waals surface area contributed by atoms with Gasteiger partial charge >= 0.3 is 0 Å². The molecule has 2 aliphatic carbocycles. The highest BCUT2D eigenvalue weighted by Gasteiger charge is 2.31. The molecule has 19 heavy (non-hydrogen) atoms. The third kappa shape index (κ3) is 3.08. The van der Waals surface area contributed by atoms with Gasteiger partial charge in [-0.1, -0.05) is 0 Å². The fourth-order valence-corrected chi connectivity index (χ4v) is 2.77. The number of aliphatic hydroxyl groups excluding tert-OH is 1. The lowest BCUT2D eigenvalue weighted by atomic mass is 10.1. The predicted molar refractivity (Wildman–Crippen MR) is 77.3 cm³/mol. The van der Waals surface area contributed by atoms with Crippen molar-refractivity contribution in [3.63, 3.8) is 0 Å². The number of pyridine rings is 1. The largest absolute Gasteiger partial charge is 0.392 e. The van der Waals surface area contributed by atoms with Gasteiger partial charge in [-0.3, -0.25) is 0 Å². The zero-order valence-electron chi connectivity index (χ0n) is 12.0. The number of aryl methyl sites for hydroxylation is 2. The SMILES string of the molecule is Cc1cc(C)c(CO)c(N(CC2CC2)CC2CC2)n1. The van der Waals surface area contributed by atoms with Crippen molar-refractivity contribution in [2.45, 2.75) is 46.1 Å². The van der Waals surface area contributed by atoms with Gasteiger partial charge in [-0.25, -0.2) is 4.98 Å². The van der Waals surface area contributed by atoms with Crippen molar-refractivity contribution in [2.75, 3.05) is 18.0 Å². The number of aliphatic hydroxyl groups is 1. The molecule has 3 nitrogen and oxygen atoms in total. The van der Waals surface area contributed by atoms with Crippen LogP contribution >= 0.6 is 0 Å². The van der Waals surface area contributed by atoms with Gasteiger partial charge in [-0.05, 0) is 63.0 Å². The van der Waals surface area contributed by atoms with Gasteiger partial charge in [-0.15, -0.1) is 0 Å². The molecule has 3 heteroatoms. The number of hydrogen-bond acceptors (Lipinski definition) is 3. The molecule has 0 unspecified atom stereocenters. The second kappa shape index (κ2) is 5.12. The second-order valence-corrected chi connectivity index (χ2v) is 6.33. The van der Waals surface area contributed by atoms with E-state index in [2.05, 4.69) is 17.9 Å². The Hall–Kier alpha value is -1.09. The van der Waals surface area contributed by atoms with E-state index in [1.165, 1.54) is 31.2 Å². The number of aromatic nitrogens is 1. The van der Waals surface area contributed by atoms with Crippen molar-refractivity contribution in [3.8, 4) is 0 Å². The molecule has 0 aliphatic heterocycles. The van der Waals surface area contributed by atoms with E-state index in [9.17, 15) is 5.11 Å². The Labute approximate surface area is 115 Å². The first kappa shape index (κ1) is 12.9. The van der Waals surface area contributed by atoms with Crippen LogP contribution in [0, 0.1) is 25.7 Å². The van der Waals surface area contributed by atoms with Gasteiger partial charge in [0.05, 0.1) is 6.61 Å². The smallest absolute Gasteiger partial charge is 0.134 e. The average molecular weight is 260 g/mol. The van der Waals surface area contributed by atoms with Crippen molar-refractivity contribution in [1.29, 1.82) is 0 Å². The topological polar surface area (TPSA) is 36.4 Å². The van der Waals surface area contributed by atoms with Crippen molar-refractivity contribution < 1.29 is 5.11 Å². The highest BCUT2D eigenvalue weighted by molar-refractivity contribution is 5.51. The molecule has 0 spiro atoms. The van der Waals surface area contributed by atoms with E-state index < -0.39 is 0 Å². The Balaban J connectivity index is 1.89. The van der Waals surface area contributed by atoms with Crippen LogP contribution in [0.4, 0.5) is 5.82 Å². The van der Waals surface area contributed by atoms with Crippen LogP contribution in [0.25, 0.3) is 0 Å². The third-order valence-corrected chi connectivity index (χ3v) is 4.26. The standard InChI is InChI=1S/C16H24N2O/c1-11-7-12(2)17-16(15(11)10-19)18(8-13-3-4-13)9-14-5-6-14/h7,13-14,19H,3-6,8-10H2,1-2H3. The molecule has 0 aromatic carbocycles. The molecule has 1 heterocycles. The van der Waals surface area contributed by atoms with Gasteiger partial charge < -0.3 is 10.0 Å². The summed E-state index contributed by atoms with van der Waals surface area (Å²) in [6, 6.07) is 2.07. The van der Waals surface area contributed by atoms with E-state index in [1.807, 2.05) is 6.92 Å². The quantitative estimate of drug-likeness (QED) is 0.854. The Morgan fingerprint density at radius 2 is 1.74 bits per heavy atom. The molecule has 1 N–H and O–H groups in total. The van der Waals surface area contributed by atoms with Crippen LogP contribution in [0.15, 0.2) is 6.07 Å². The van der Waals surface area contributed by atoms with Crippen LogP contribution in [-0.4, -0.2) is 23.2 Å². The average Bonchev–Trinajstić information content (AvgIpc) is 3.22. The van der Waals surface area contributed by atoms with Gasteiger partial charge in [0.1, 0.15) is 5.82 Å². The minimum Gasteiger partial charge on any atom is -0.392 e. The molecule has 104 valence electrons. The maximum absolute atomic E-state index is 9.67. The van der Waals surface area contributed by atoms with E-state index >= 15 is 0 Å². The van der Waals surface area contributed by atoms with Crippen LogP contribution in [0.3, 0.4) is 0 Å². The zero-order chi connectivity index (χ0) is 13.4. The molecule has 2 fully saturated rings. The van der Waals surface area contributed by atoms with Gasteiger partial charge in [0.15, 0.2) is 0 Å². The van der Waals surface area contributed by atoms with Crippen LogP contribution in [-0.2, 0) is 6.61 Å². The fourth-order valence-electron chi connectivity index (χ4n) is 2.77. The molecule has 0 bridgehead atoms. The maximum Gasteiger partial charge on any atom is 0.134 e. The number of rotatable bonds is 6. The molecule has 2 aliphatic rings. The fraction of sp³-hybridized carbons (Fsp3) is 0.688. The minimum atomic E-state index is 0.0975. The summed E-state index contributed by atoms with van der Waals surface area (Å²) in [6.45, 7) is 6.47. The van der Waals surface area contributed by atoms with Crippen molar-refractivity contribution in [1.82, 2.24) is 4.98 Å². The summed E-state index contributed by atoms with van der Waals surface area (Å²) in [5, 5.41) is 9.67. The molecule has 0 saturated heterocycles. The van der Waals surface area contributed by atoms with Crippen LogP contribution in [0.1, 0.15) is 42.5 Å². The van der Waals surface area contributed by atoms with Crippen LogP contribution in [0.2, 0.25) is 0 Å². The van der Waals surface area contributed by atoms with Gasteiger partial charge in [-0.2, -0.15) is 0 Å². The highest BCUT2D eigenvalue weighted by atomic mass is 16.3. The second-order valence-electron chi connectivity index (χ2n) is 6.33. The lowest BCUT2D eigenvalue weighted by Gasteiger charge is -2.27. The van der Waals surface area contributed by atoms with Gasteiger partial charge in [0.25, 0.3) is 0 Å². The summed E-state index contributed by atoms with van der Waals surface area (Å²) in [6.07, 6.45) is 5.45. The molecule has 1 aromatic heterocycles. The summed E-state index contributed by atoms with van der Waals surface area (Å²) in [5.41, 5.74) is 3.25. The molecule has 0 atom stereocenters. The Morgan fingerprint density at radius 1 is 1.16 bits per heavy atom. The molecular formula is C16H24N2O. The van der Waals surface area contributed by atoms with Crippen molar-refractivity contribution >= 4 is 5.82 Å². The van der Waals surface area contributed by atoms with Crippen LogP contribution < -0.4 is 4.90 Å². The number of anilines is 1. The van der Waals surface area contributed by atoms with E-state index in [-0.39, 0.29) is 6.61 Å². The highest BCUT2D eigenvalue weighted by Crippen LogP contribution is 2.36. The summed E-state index contributed by atoms with van der Waals surface area (Å²) < 4.78 is 0. The van der Waals surface area contributed by atoms with Gasteiger partial charge in [0, 0.05) is 24.3 Å². The molecular weight excluding hydrogens is 236 g/mol. The molecule has 1 aromatic rings. The number of hydrogen-bond donors (Lipinski definition) is 1. The first-order chi connectivity index (χ1) is 9.17. The Bertz CT molecular complexity index is 450. The Kier molecular flexibility index (Phi) is 3.48. The summed E-state index contributed by atoms with van der Waals surface area (Å²) in [5.74, 6) is 2.75. The first-order valence-electron chi connectivity index (χ1n) is 7.50. The maximum atomic E-state index is 9.67. The summed E-state index contributed by atoms with van der Waals surface area (Å²) >= 11 is 0. The van der Waals surface area contributed by atoms with E-state index in [0.717, 1.165) is 42.0 Å². The van der Waals surface area contributed by atoms with E-state index in [4.69, 9.17) is 4.98 Å².